The Kier molecular flexibility index (Phi) is 6.72. The molecule has 0 spiro atoms. The molecule has 1 aromatic heterocycles. The highest BCUT2D eigenvalue weighted by atomic mass is 35.5. The van der Waals surface area contributed by atoms with E-state index in [-0.39, 0.29) is 29.4 Å². The van der Waals surface area contributed by atoms with Gasteiger partial charge in [0, 0.05) is 12.1 Å². The predicted molar refractivity (Wildman–Crippen MR) is 82.5 cm³/mol. The van der Waals surface area contributed by atoms with Crippen LogP contribution in [0.4, 0.5) is 8.78 Å². The lowest BCUT2D eigenvalue weighted by Crippen LogP contribution is -2.40. The van der Waals surface area contributed by atoms with E-state index in [0.29, 0.717) is 12.8 Å². The third-order valence-electron chi connectivity index (χ3n) is 3.48. The number of halogens is 3. The molecule has 22 heavy (non-hydrogen) atoms. The molecule has 1 aliphatic carbocycles. The van der Waals surface area contributed by atoms with Crippen LogP contribution in [0.5, 0.6) is 0 Å². The summed E-state index contributed by atoms with van der Waals surface area (Å²) in [7, 11) is -4.76. The van der Waals surface area contributed by atoms with Gasteiger partial charge < -0.3 is 11.1 Å². The maximum absolute atomic E-state index is 12.6. The van der Waals surface area contributed by atoms with E-state index in [1.807, 2.05) is 0 Å². The summed E-state index contributed by atoms with van der Waals surface area (Å²) >= 11 is 0.842. The number of rotatable bonds is 4. The zero-order valence-electron chi connectivity index (χ0n) is 11.5. The Labute approximate surface area is 137 Å². The molecule has 1 saturated carbocycles. The zero-order chi connectivity index (χ0) is 15.6. The fraction of sp³-hybridized carbons (Fsp3) is 0.583. The van der Waals surface area contributed by atoms with E-state index >= 15 is 0 Å². The second-order valence-electron chi connectivity index (χ2n) is 5.00. The lowest BCUT2D eigenvalue weighted by Gasteiger charge is -2.26. The van der Waals surface area contributed by atoms with Crippen molar-refractivity contribution in [2.45, 2.75) is 48.4 Å². The summed E-state index contributed by atoms with van der Waals surface area (Å²) in [5.74, 6) is -4.16. The first-order valence-electron chi connectivity index (χ1n) is 6.48. The summed E-state index contributed by atoms with van der Waals surface area (Å²) < 4.78 is 48.2. The molecule has 0 aliphatic heterocycles. The summed E-state index contributed by atoms with van der Waals surface area (Å²) in [4.78, 5) is 11.3. The third-order valence-corrected chi connectivity index (χ3v) is 5.95. The van der Waals surface area contributed by atoms with Crippen LogP contribution in [0.1, 0.15) is 35.4 Å². The summed E-state index contributed by atoms with van der Waals surface area (Å²) in [6.45, 7) is 0. The highest BCUT2D eigenvalue weighted by Gasteiger charge is 2.32. The van der Waals surface area contributed by atoms with Crippen molar-refractivity contribution in [2.75, 3.05) is 0 Å². The van der Waals surface area contributed by atoms with Crippen LogP contribution in [0, 0.1) is 0 Å². The molecule has 1 heterocycles. The van der Waals surface area contributed by atoms with Crippen LogP contribution in [-0.2, 0) is 9.84 Å². The van der Waals surface area contributed by atoms with E-state index in [9.17, 15) is 22.0 Å². The molecular formula is C12H17ClF2N2O3S2. The lowest BCUT2D eigenvalue weighted by atomic mass is 9.92. The number of thiophene rings is 1. The van der Waals surface area contributed by atoms with Gasteiger partial charge in [-0.1, -0.05) is 0 Å². The van der Waals surface area contributed by atoms with Gasteiger partial charge in [-0.2, -0.15) is 8.78 Å². The highest BCUT2D eigenvalue weighted by Crippen LogP contribution is 2.27. The standard InChI is InChI=1S/C12H16F2N2O3S2.ClH/c13-12(14)21(18,19)9-5-6-20-10(9)11(17)16-8-3-1-7(15)2-4-8;/h5-8,12H,1-4,15H2,(H,16,17);1H. The summed E-state index contributed by atoms with van der Waals surface area (Å²) in [5.41, 5.74) is 5.76. The van der Waals surface area contributed by atoms with Gasteiger partial charge in [0.15, 0.2) is 0 Å². The minimum atomic E-state index is -4.76. The summed E-state index contributed by atoms with van der Waals surface area (Å²) in [6.07, 6.45) is 2.96. The molecule has 0 unspecified atom stereocenters. The van der Waals surface area contributed by atoms with Gasteiger partial charge in [0.25, 0.3) is 5.91 Å². The molecule has 0 saturated heterocycles. The Morgan fingerprint density at radius 2 is 1.91 bits per heavy atom. The third kappa shape index (κ3) is 4.15. The van der Waals surface area contributed by atoms with Crippen molar-refractivity contribution in [3.05, 3.63) is 16.3 Å². The molecular weight excluding hydrogens is 358 g/mol. The molecule has 0 aromatic carbocycles. The van der Waals surface area contributed by atoms with E-state index < -0.39 is 26.4 Å². The van der Waals surface area contributed by atoms with Crippen molar-refractivity contribution < 1.29 is 22.0 Å². The maximum atomic E-state index is 12.6. The molecule has 0 bridgehead atoms. The van der Waals surface area contributed by atoms with Crippen LogP contribution in [0.15, 0.2) is 16.3 Å². The Hall–Kier alpha value is -0.770. The van der Waals surface area contributed by atoms with Crippen LogP contribution in [0.25, 0.3) is 0 Å². The van der Waals surface area contributed by atoms with Gasteiger partial charge in [-0.15, -0.1) is 23.7 Å². The van der Waals surface area contributed by atoms with E-state index in [0.717, 1.165) is 30.2 Å². The van der Waals surface area contributed by atoms with Gasteiger partial charge >= 0.3 is 5.76 Å². The van der Waals surface area contributed by atoms with E-state index in [1.165, 1.54) is 5.38 Å². The van der Waals surface area contributed by atoms with Crippen LogP contribution >= 0.6 is 23.7 Å². The maximum Gasteiger partial charge on any atom is 0.341 e. The van der Waals surface area contributed by atoms with Crippen LogP contribution in [-0.4, -0.2) is 32.2 Å². The SMILES string of the molecule is Cl.NC1CCC(NC(=O)c2sccc2S(=O)(=O)C(F)F)CC1. The Balaban J connectivity index is 0.00000242. The normalized spacial score (nSPS) is 22.2. The Morgan fingerprint density at radius 3 is 2.45 bits per heavy atom. The first-order chi connectivity index (χ1) is 9.82. The number of nitrogens with two attached hydrogens (primary N) is 1. The van der Waals surface area contributed by atoms with Gasteiger partial charge in [0.05, 0.1) is 4.90 Å². The predicted octanol–water partition coefficient (Wildman–Crippen LogP) is 2.17. The average Bonchev–Trinajstić information content (AvgIpc) is 2.91. The van der Waals surface area contributed by atoms with Crippen molar-refractivity contribution in [1.29, 1.82) is 0 Å². The van der Waals surface area contributed by atoms with Gasteiger partial charge in [-0.25, -0.2) is 8.42 Å². The average molecular weight is 375 g/mol. The zero-order valence-corrected chi connectivity index (χ0v) is 13.9. The van der Waals surface area contributed by atoms with Gasteiger partial charge in [-0.3, -0.25) is 4.79 Å². The Morgan fingerprint density at radius 1 is 1.32 bits per heavy atom. The van der Waals surface area contributed by atoms with Crippen molar-refractivity contribution in [2.24, 2.45) is 5.73 Å². The number of amides is 1. The van der Waals surface area contributed by atoms with Crippen LogP contribution in [0.2, 0.25) is 0 Å². The molecule has 126 valence electrons. The summed E-state index contributed by atoms with van der Waals surface area (Å²) in [5, 5.41) is 4.02. The second kappa shape index (κ2) is 7.67. The number of carbonyl (C=O) groups is 1. The lowest BCUT2D eigenvalue weighted by molar-refractivity contribution is 0.0927. The van der Waals surface area contributed by atoms with Crippen molar-refractivity contribution in [3.8, 4) is 0 Å². The molecule has 5 nitrogen and oxygen atoms in total. The number of alkyl halides is 2. The molecule has 0 radical (unpaired) electrons. The van der Waals surface area contributed by atoms with Gasteiger partial charge in [0.1, 0.15) is 4.88 Å². The van der Waals surface area contributed by atoms with E-state index in [4.69, 9.17) is 5.73 Å². The molecule has 1 aromatic rings. The second-order valence-corrected chi connectivity index (χ2v) is 7.81. The van der Waals surface area contributed by atoms with Crippen molar-refractivity contribution >= 4 is 39.5 Å². The largest absolute Gasteiger partial charge is 0.349 e. The number of sulfone groups is 1. The first-order valence-corrected chi connectivity index (χ1v) is 8.91. The number of nitrogens with one attached hydrogen (secondary N) is 1. The number of hydrogen-bond acceptors (Lipinski definition) is 5. The van der Waals surface area contributed by atoms with E-state index in [2.05, 4.69) is 5.32 Å². The fourth-order valence-electron chi connectivity index (χ4n) is 2.30. The molecule has 2 rings (SSSR count). The molecule has 1 amide bonds. The topological polar surface area (TPSA) is 89.3 Å². The number of carbonyl (C=O) groups excluding carboxylic acids is 1. The quantitative estimate of drug-likeness (QED) is 0.845. The first kappa shape index (κ1) is 19.3. The minimum Gasteiger partial charge on any atom is -0.349 e. The molecule has 10 heteroatoms. The highest BCUT2D eigenvalue weighted by molar-refractivity contribution is 7.92. The molecule has 0 atom stereocenters. The van der Waals surface area contributed by atoms with Crippen molar-refractivity contribution in [3.63, 3.8) is 0 Å². The molecule has 3 N–H and O–H groups in total. The van der Waals surface area contributed by atoms with Gasteiger partial charge in [-0.05, 0) is 37.1 Å². The van der Waals surface area contributed by atoms with Crippen LogP contribution in [0.3, 0.4) is 0 Å². The smallest absolute Gasteiger partial charge is 0.341 e. The van der Waals surface area contributed by atoms with Gasteiger partial charge in [0.2, 0.25) is 9.84 Å². The minimum absolute atomic E-state index is 0. The number of hydrogen-bond donors (Lipinski definition) is 2. The van der Waals surface area contributed by atoms with E-state index in [1.54, 1.807) is 0 Å². The molecule has 1 aliphatic rings. The monoisotopic (exact) mass is 374 g/mol. The fourth-order valence-corrected chi connectivity index (χ4v) is 4.37. The van der Waals surface area contributed by atoms with Crippen LogP contribution < -0.4 is 11.1 Å². The Bertz CT molecular complexity index is 614. The van der Waals surface area contributed by atoms with Crippen molar-refractivity contribution in [1.82, 2.24) is 5.32 Å². The summed E-state index contributed by atoms with van der Waals surface area (Å²) in [6, 6.07) is 1.06. The molecule has 1 fully saturated rings.